The number of hydrogen-bond donors (Lipinski definition) is 2. The van der Waals surface area contributed by atoms with Gasteiger partial charge in [-0.15, -0.1) is 0 Å². The fraction of sp³-hybridized carbons (Fsp3) is 0.214. The van der Waals surface area contributed by atoms with E-state index in [1.807, 2.05) is 29.9 Å². The predicted octanol–water partition coefficient (Wildman–Crippen LogP) is 2.03. The molecule has 5 nitrogen and oxygen atoms in total. The molecule has 2 N–H and O–H groups in total. The van der Waals surface area contributed by atoms with Crippen molar-refractivity contribution in [1.82, 2.24) is 14.1 Å². The lowest BCUT2D eigenvalue weighted by Crippen LogP contribution is -2.00. The van der Waals surface area contributed by atoms with E-state index >= 15 is 0 Å². The molecule has 0 saturated carbocycles. The fourth-order valence-corrected chi connectivity index (χ4v) is 2.30. The molecule has 0 amide bonds. The van der Waals surface area contributed by atoms with Crippen LogP contribution in [0.4, 0.5) is 0 Å². The third-order valence-corrected chi connectivity index (χ3v) is 3.27. The molecule has 0 atom stereocenters. The molecule has 3 aromatic rings. The van der Waals surface area contributed by atoms with Gasteiger partial charge in [0, 0.05) is 37.0 Å². The van der Waals surface area contributed by atoms with Crippen molar-refractivity contribution in [3.63, 3.8) is 0 Å². The van der Waals surface area contributed by atoms with E-state index in [1.165, 1.54) is 4.57 Å². The molecule has 2 heterocycles. The van der Waals surface area contributed by atoms with Crippen LogP contribution in [0.25, 0.3) is 10.8 Å². The van der Waals surface area contributed by atoms with Crippen LogP contribution in [0.2, 0.25) is 0 Å². The van der Waals surface area contributed by atoms with Gasteiger partial charge in [0.2, 0.25) is 11.8 Å². The topological polar surface area (TPSA) is 63.2 Å². The molecular weight excluding hydrogens is 242 g/mol. The van der Waals surface area contributed by atoms with Crippen LogP contribution in [0.3, 0.4) is 0 Å². The Kier molecular flexibility index (Phi) is 2.67. The highest BCUT2D eigenvalue weighted by Gasteiger charge is 2.14. The van der Waals surface area contributed by atoms with Crippen molar-refractivity contribution in [1.29, 1.82) is 0 Å². The zero-order chi connectivity index (χ0) is 13.4. The van der Waals surface area contributed by atoms with Gasteiger partial charge >= 0.3 is 0 Å². The van der Waals surface area contributed by atoms with Gasteiger partial charge in [-0.2, -0.15) is 0 Å². The van der Waals surface area contributed by atoms with E-state index < -0.39 is 0 Å². The Bertz CT molecular complexity index is 688. The maximum atomic E-state index is 10.1. The van der Waals surface area contributed by atoms with E-state index in [1.54, 1.807) is 18.5 Å². The third kappa shape index (κ3) is 1.93. The monoisotopic (exact) mass is 257 g/mol. The van der Waals surface area contributed by atoms with Crippen LogP contribution in [0.1, 0.15) is 5.69 Å². The van der Waals surface area contributed by atoms with E-state index in [0.29, 0.717) is 23.7 Å². The zero-order valence-electron chi connectivity index (χ0n) is 10.6. The molecule has 2 aromatic heterocycles. The van der Waals surface area contributed by atoms with Crippen LogP contribution in [-0.2, 0) is 20.0 Å². The molecule has 0 unspecified atom stereocenters. The molecule has 5 heteroatoms. The lowest BCUT2D eigenvalue weighted by molar-refractivity contribution is 0.372. The molecule has 0 bridgehead atoms. The number of aryl methyl sites for hydroxylation is 2. The van der Waals surface area contributed by atoms with Gasteiger partial charge in [-0.3, -0.25) is 4.57 Å². The van der Waals surface area contributed by atoms with Crippen molar-refractivity contribution >= 4 is 10.8 Å². The van der Waals surface area contributed by atoms with Crippen molar-refractivity contribution in [3.8, 4) is 11.8 Å². The summed E-state index contributed by atoms with van der Waals surface area (Å²) < 4.78 is 3.39. The Morgan fingerprint density at radius 3 is 2.26 bits per heavy atom. The predicted molar refractivity (Wildman–Crippen MR) is 72.2 cm³/mol. The van der Waals surface area contributed by atoms with Crippen LogP contribution < -0.4 is 0 Å². The number of aromatic hydroxyl groups is 2. The summed E-state index contributed by atoms with van der Waals surface area (Å²) in [5, 5.41) is 21.6. The first-order valence-electron chi connectivity index (χ1n) is 6.13. The van der Waals surface area contributed by atoms with Crippen LogP contribution in [0, 0.1) is 0 Å². The maximum Gasteiger partial charge on any atom is 0.202 e. The highest BCUT2D eigenvalue weighted by molar-refractivity contribution is 5.92. The summed E-state index contributed by atoms with van der Waals surface area (Å²) in [7, 11) is 1.91. The Morgan fingerprint density at radius 2 is 1.74 bits per heavy atom. The average molecular weight is 257 g/mol. The number of rotatable bonds is 3. The zero-order valence-corrected chi connectivity index (χ0v) is 10.6. The molecule has 0 aliphatic carbocycles. The second-order valence-electron chi connectivity index (χ2n) is 4.62. The standard InChI is InChI=1S/C14H15N3O2/c1-16-8-10(15-9-16)6-7-17-13(18)11-4-2-3-5-12(11)14(17)19/h2-5,8-9,18-19H,6-7H2,1H3. The summed E-state index contributed by atoms with van der Waals surface area (Å²) >= 11 is 0. The molecule has 0 aliphatic rings. The summed E-state index contributed by atoms with van der Waals surface area (Å²) in [4.78, 5) is 4.23. The highest BCUT2D eigenvalue weighted by atomic mass is 16.3. The van der Waals surface area contributed by atoms with Crippen LogP contribution in [0.15, 0.2) is 36.8 Å². The van der Waals surface area contributed by atoms with Gasteiger partial charge < -0.3 is 14.8 Å². The summed E-state index contributed by atoms with van der Waals surface area (Å²) in [5.41, 5.74) is 0.930. The largest absolute Gasteiger partial charge is 0.494 e. The first-order valence-corrected chi connectivity index (χ1v) is 6.13. The first-order chi connectivity index (χ1) is 9.16. The minimum Gasteiger partial charge on any atom is -0.494 e. The van der Waals surface area contributed by atoms with Gasteiger partial charge in [-0.1, -0.05) is 12.1 Å². The fourth-order valence-electron chi connectivity index (χ4n) is 2.30. The van der Waals surface area contributed by atoms with E-state index in [-0.39, 0.29) is 11.8 Å². The molecule has 0 saturated heterocycles. The van der Waals surface area contributed by atoms with Gasteiger partial charge in [0.15, 0.2) is 0 Å². The molecule has 0 radical (unpaired) electrons. The van der Waals surface area contributed by atoms with Crippen molar-refractivity contribution in [3.05, 3.63) is 42.5 Å². The van der Waals surface area contributed by atoms with Crippen molar-refractivity contribution in [2.45, 2.75) is 13.0 Å². The lowest BCUT2D eigenvalue weighted by atomic mass is 10.2. The molecule has 3 rings (SSSR count). The molecule has 19 heavy (non-hydrogen) atoms. The number of nitrogens with zero attached hydrogens (tertiary/aromatic N) is 3. The second kappa shape index (κ2) is 4.35. The Labute approximate surface area is 110 Å². The average Bonchev–Trinajstić information content (AvgIpc) is 2.93. The molecule has 1 aromatic carbocycles. The molecular formula is C14H15N3O2. The summed E-state index contributed by atoms with van der Waals surface area (Å²) in [6.45, 7) is 0.489. The Hall–Kier alpha value is -2.43. The molecule has 98 valence electrons. The molecule has 0 aliphatic heterocycles. The van der Waals surface area contributed by atoms with Crippen molar-refractivity contribution < 1.29 is 10.2 Å². The number of imidazole rings is 1. The number of benzene rings is 1. The third-order valence-electron chi connectivity index (χ3n) is 3.27. The van der Waals surface area contributed by atoms with Gasteiger partial charge in [0.1, 0.15) is 0 Å². The number of hydrogen-bond acceptors (Lipinski definition) is 3. The maximum absolute atomic E-state index is 10.1. The summed E-state index contributed by atoms with van der Waals surface area (Å²) in [6, 6.07) is 7.26. The van der Waals surface area contributed by atoms with Crippen molar-refractivity contribution in [2.24, 2.45) is 7.05 Å². The second-order valence-corrected chi connectivity index (χ2v) is 4.62. The van der Waals surface area contributed by atoms with Gasteiger partial charge in [-0.05, 0) is 12.1 Å². The highest BCUT2D eigenvalue weighted by Crippen LogP contribution is 2.35. The molecule has 0 spiro atoms. The number of aromatic nitrogens is 3. The first kappa shape index (κ1) is 11.6. The van der Waals surface area contributed by atoms with E-state index in [0.717, 1.165) is 5.69 Å². The van der Waals surface area contributed by atoms with E-state index in [4.69, 9.17) is 0 Å². The number of fused-ring (bicyclic) bond motifs is 1. The summed E-state index contributed by atoms with van der Waals surface area (Å²) in [5.74, 6) is 0.202. The Balaban J connectivity index is 1.92. The van der Waals surface area contributed by atoms with Crippen LogP contribution >= 0.6 is 0 Å². The van der Waals surface area contributed by atoms with Crippen LogP contribution in [0.5, 0.6) is 11.8 Å². The smallest absolute Gasteiger partial charge is 0.202 e. The summed E-state index contributed by atoms with van der Waals surface area (Å²) in [6.07, 6.45) is 4.32. The normalized spacial score (nSPS) is 11.2. The SMILES string of the molecule is Cn1cnc(CCn2c(O)c3ccccc3c2O)c1. The Morgan fingerprint density at radius 1 is 1.11 bits per heavy atom. The van der Waals surface area contributed by atoms with Gasteiger partial charge in [0.05, 0.1) is 12.0 Å². The van der Waals surface area contributed by atoms with Crippen LogP contribution in [-0.4, -0.2) is 24.3 Å². The van der Waals surface area contributed by atoms with Gasteiger partial charge in [0.25, 0.3) is 0 Å². The van der Waals surface area contributed by atoms with E-state index in [2.05, 4.69) is 4.98 Å². The lowest BCUT2D eigenvalue weighted by Gasteiger charge is -2.04. The molecule has 0 fully saturated rings. The minimum absolute atomic E-state index is 0.101. The minimum atomic E-state index is 0.101. The van der Waals surface area contributed by atoms with E-state index in [9.17, 15) is 10.2 Å². The van der Waals surface area contributed by atoms with Crippen molar-refractivity contribution in [2.75, 3.05) is 0 Å². The quantitative estimate of drug-likeness (QED) is 0.754. The van der Waals surface area contributed by atoms with Gasteiger partial charge in [-0.25, -0.2) is 4.98 Å².